The van der Waals surface area contributed by atoms with Gasteiger partial charge in [0.15, 0.2) is 0 Å². The van der Waals surface area contributed by atoms with Crippen LogP contribution in [0.2, 0.25) is 0 Å². The molecule has 0 radical (unpaired) electrons. The number of methoxy groups -OCH3 is 2. The summed E-state index contributed by atoms with van der Waals surface area (Å²) in [6.07, 6.45) is -4.46. The first-order chi connectivity index (χ1) is 14.2. The van der Waals surface area contributed by atoms with Gasteiger partial charge < -0.3 is 19.1 Å². The third-order valence-corrected chi connectivity index (χ3v) is 4.17. The zero-order valence-corrected chi connectivity index (χ0v) is 16.8. The molecule has 0 atom stereocenters. The van der Waals surface area contributed by atoms with Crippen molar-refractivity contribution in [2.45, 2.75) is 19.6 Å². The molecule has 0 aromatic heterocycles. The van der Waals surface area contributed by atoms with Crippen LogP contribution in [-0.4, -0.2) is 44.1 Å². The number of nitrogens with zero attached hydrogens (tertiary/aromatic N) is 1. The minimum Gasteiger partial charge on any atom is -0.497 e. The number of hydrogen-bond acceptors (Lipinski definition) is 5. The maximum absolute atomic E-state index is 13.1. The van der Waals surface area contributed by atoms with Crippen LogP contribution in [-0.2, 0) is 22.3 Å². The molecule has 0 aliphatic heterocycles. The van der Waals surface area contributed by atoms with E-state index in [2.05, 4.69) is 0 Å². The molecule has 0 spiro atoms. The minimum absolute atomic E-state index is 0.0880. The molecule has 0 saturated heterocycles. The Labute approximate surface area is 172 Å². The van der Waals surface area contributed by atoms with Gasteiger partial charge in [-0.1, -0.05) is 12.1 Å². The fraction of sp³-hybridized carbons (Fsp3) is 0.333. The van der Waals surface area contributed by atoms with Crippen molar-refractivity contribution in [3.05, 3.63) is 59.2 Å². The summed E-state index contributed by atoms with van der Waals surface area (Å²) < 4.78 is 53.6. The number of carbonyl (C=O) groups is 2. The summed E-state index contributed by atoms with van der Waals surface area (Å²) >= 11 is 0. The summed E-state index contributed by atoms with van der Waals surface area (Å²) in [7, 11) is 2.86. The highest BCUT2D eigenvalue weighted by atomic mass is 19.4. The van der Waals surface area contributed by atoms with Crippen LogP contribution >= 0.6 is 0 Å². The molecule has 0 aliphatic rings. The van der Waals surface area contributed by atoms with E-state index in [1.165, 1.54) is 43.4 Å². The summed E-state index contributed by atoms with van der Waals surface area (Å²) in [4.78, 5) is 26.3. The van der Waals surface area contributed by atoms with Crippen molar-refractivity contribution in [3.8, 4) is 11.5 Å². The van der Waals surface area contributed by atoms with Gasteiger partial charge in [-0.3, -0.25) is 9.59 Å². The summed E-state index contributed by atoms with van der Waals surface area (Å²) in [6.45, 7) is 1.31. The normalized spacial score (nSPS) is 11.0. The molecule has 0 unspecified atom stereocenters. The molecule has 0 bridgehead atoms. The number of alkyl halides is 3. The lowest BCUT2D eigenvalue weighted by molar-refractivity contribution is -0.144. The van der Waals surface area contributed by atoms with Gasteiger partial charge in [-0.2, -0.15) is 13.2 Å². The number of hydrogen-bond donors (Lipinski definition) is 0. The van der Waals surface area contributed by atoms with E-state index >= 15 is 0 Å². The van der Waals surface area contributed by atoms with E-state index in [0.29, 0.717) is 17.1 Å². The Balaban J connectivity index is 2.33. The molecule has 0 N–H and O–H groups in total. The second kappa shape index (κ2) is 10.00. The van der Waals surface area contributed by atoms with Crippen LogP contribution < -0.4 is 9.47 Å². The fourth-order valence-corrected chi connectivity index (χ4v) is 2.69. The number of esters is 1. The molecule has 6 nitrogen and oxygen atoms in total. The fourth-order valence-electron chi connectivity index (χ4n) is 2.69. The highest BCUT2D eigenvalue weighted by molar-refractivity contribution is 5.96. The average molecular weight is 425 g/mol. The second-order valence-electron chi connectivity index (χ2n) is 6.26. The average Bonchev–Trinajstić information content (AvgIpc) is 2.72. The number of amides is 1. The molecular weight excluding hydrogens is 403 g/mol. The van der Waals surface area contributed by atoms with E-state index in [1.54, 1.807) is 13.0 Å². The Morgan fingerprint density at radius 2 is 1.53 bits per heavy atom. The molecule has 1 amide bonds. The van der Waals surface area contributed by atoms with Crippen LogP contribution in [0.4, 0.5) is 13.2 Å². The molecule has 2 aromatic carbocycles. The molecule has 9 heteroatoms. The quantitative estimate of drug-likeness (QED) is 0.600. The third-order valence-electron chi connectivity index (χ3n) is 4.17. The van der Waals surface area contributed by atoms with Gasteiger partial charge in [0.05, 0.1) is 26.4 Å². The highest BCUT2D eigenvalue weighted by Gasteiger charge is 2.30. The smallest absolute Gasteiger partial charge is 0.416 e. The molecule has 2 rings (SSSR count). The van der Waals surface area contributed by atoms with E-state index in [4.69, 9.17) is 14.2 Å². The van der Waals surface area contributed by atoms with Crippen LogP contribution in [0.3, 0.4) is 0 Å². The largest absolute Gasteiger partial charge is 0.497 e. The standard InChI is InChI=1S/C21H22F3NO5/c1-4-30-19(26)13-25(12-14-5-7-16(8-6-14)21(22,23)24)20(27)15-9-17(28-2)11-18(10-15)29-3/h5-11H,4,12-13H2,1-3H3. The predicted octanol–water partition coefficient (Wildman–Crippen LogP) is 3.93. The molecule has 162 valence electrons. The van der Waals surface area contributed by atoms with Crippen LogP contribution in [0.5, 0.6) is 11.5 Å². The maximum atomic E-state index is 13.1. The summed E-state index contributed by atoms with van der Waals surface area (Å²) in [5, 5.41) is 0. The van der Waals surface area contributed by atoms with E-state index in [-0.39, 0.29) is 25.3 Å². The zero-order chi connectivity index (χ0) is 22.3. The summed E-state index contributed by atoms with van der Waals surface area (Å²) in [5.74, 6) is -0.403. The number of ether oxygens (including phenoxy) is 3. The Bertz CT molecular complexity index is 859. The number of carbonyl (C=O) groups excluding carboxylic acids is 2. The monoisotopic (exact) mass is 425 g/mol. The maximum Gasteiger partial charge on any atom is 0.416 e. The van der Waals surface area contributed by atoms with E-state index in [9.17, 15) is 22.8 Å². The molecule has 0 heterocycles. The van der Waals surface area contributed by atoms with Gasteiger partial charge in [0.1, 0.15) is 18.0 Å². The Morgan fingerprint density at radius 3 is 2.00 bits per heavy atom. The molecule has 0 fully saturated rings. The number of benzene rings is 2. The second-order valence-corrected chi connectivity index (χ2v) is 6.26. The van der Waals surface area contributed by atoms with Crippen molar-refractivity contribution in [1.82, 2.24) is 4.90 Å². The topological polar surface area (TPSA) is 65.1 Å². The lowest BCUT2D eigenvalue weighted by Gasteiger charge is -2.23. The minimum atomic E-state index is -4.46. The first-order valence-electron chi connectivity index (χ1n) is 9.02. The number of rotatable bonds is 8. The van der Waals surface area contributed by atoms with Crippen molar-refractivity contribution < 1.29 is 37.0 Å². The predicted molar refractivity (Wildman–Crippen MR) is 102 cm³/mol. The van der Waals surface area contributed by atoms with E-state index in [1.807, 2.05) is 0 Å². The van der Waals surface area contributed by atoms with Gasteiger partial charge in [0, 0.05) is 18.2 Å². The van der Waals surface area contributed by atoms with Crippen LogP contribution in [0.15, 0.2) is 42.5 Å². The van der Waals surface area contributed by atoms with Gasteiger partial charge >= 0.3 is 12.1 Å². The summed E-state index contributed by atoms with van der Waals surface area (Å²) in [5.41, 5.74) is -0.176. The molecule has 0 saturated carbocycles. The Kier molecular flexibility index (Phi) is 7.68. The van der Waals surface area contributed by atoms with Crippen molar-refractivity contribution in [3.63, 3.8) is 0 Å². The van der Waals surface area contributed by atoms with Crippen molar-refractivity contribution in [1.29, 1.82) is 0 Å². The van der Waals surface area contributed by atoms with Gasteiger partial charge in [-0.25, -0.2) is 0 Å². The van der Waals surface area contributed by atoms with Gasteiger partial charge in [-0.05, 0) is 36.8 Å². The van der Waals surface area contributed by atoms with Gasteiger partial charge in [-0.15, -0.1) is 0 Å². The van der Waals surface area contributed by atoms with E-state index in [0.717, 1.165) is 12.1 Å². The first kappa shape index (κ1) is 23.1. The van der Waals surface area contributed by atoms with Crippen LogP contribution in [0, 0.1) is 0 Å². The first-order valence-corrected chi connectivity index (χ1v) is 9.02. The zero-order valence-electron chi connectivity index (χ0n) is 16.8. The van der Waals surface area contributed by atoms with Crippen LogP contribution in [0.1, 0.15) is 28.4 Å². The van der Waals surface area contributed by atoms with Crippen molar-refractivity contribution >= 4 is 11.9 Å². The van der Waals surface area contributed by atoms with Gasteiger partial charge in [0.2, 0.25) is 0 Å². The van der Waals surface area contributed by atoms with E-state index < -0.39 is 23.6 Å². The molecule has 30 heavy (non-hydrogen) atoms. The molecular formula is C21H22F3NO5. The Morgan fingerprint density at radius 1 is 0.967 bits per heavy atom. The Hall–Kier alpha value is -3.23. The summed E-state index contributed by atoms with van der Waals surface area (Å²) in [6, 6.07) is 8.93. The lowest BCUT2D eigenvalue weighted by atomic mass is 10.1. The number of halogens is 3. The van der Waals surface area contributed by atoms with Crippen molar-refractivity contribution in [2.24, 2.45) is 0 Å². The van der Waals surface area contributed by atoms with Crippen molar-refractivity contribution in [2.75, 3.05) is 27.4 Å². The highest BCUT2D eigenvalue weighted by Crippen LogP contribution is 2.29. The molecule has 2 aromatic rings. The van der Waals surface area contributed by atoms with Gasteiger partial charge in [0.25, 0.3) is 5.91 Å². The molecule has 0 aliphatic carbocycles. The lowest BCUT2D eigenvalue weighted by Crippen LogP contribution is -2.36. The SMILES string of the molecule is CCOC(=O)CN(Cc1ccc(C(F)(F)F)cc1)C(=O)c1cc(OC)cc(OC)c1. The third kappa shape index (κ3) is 6.13. The van der Waals surface area contributed by atoms with Crippen LogP contribution in [0.25, 0.3) is 0 Å².